The molecule has 0 radical (unpaired) electrons. The highest BCUT2D eigenvalue weighted by Gasteiger charge is 2.19. The smallest absolute Gasteiger partial charge is 0.224 e. The summed E-state index contributed by atoms with van der Waals surface area (Å²) >= 11 is 0. The Bertz CT molecular complexity index is 174. The van der Waals surface area contributed by atoms with E-state index in [0.717, 1.165) is 19.6 Å². The van der Waals surface area contributed by atoms with Gasteiger partial charge >= 0.3 is 0 Å². The molecule has 0 aromatic rings. The second kappa shape index (κ2) is 8.68. The third-order valence-corrected chi connectivity index (χ3v) is 2.24. The van der Waals surface area contributed by atoms with Crippen LogP contribution >= 0.6 is 0 Å². The lowest BCUT2D eigenvalue weighted by Gasteiger charge is -2.31. The second-order valence-corrected chi connectivity index (χ2v) is 3.44. The number of hydrogen-bond donors (Lipinski definition) is 1. The highest BCUT2D eigenvalue weighted by atomic mass is 16.5. The molecule has 1 amide bonds. The average molecular weight is 216 g/mol. The predicted octanol–water partition coefficient (Wildman–Crippen LogP) is 0.869. The van der Waals surface area contributed by atoms with Gasteiger partial charge in [0.2, 0.25) is 5.91 Å². The van der Waals surface area contributed by atoms with Gasteiger partial charge in [0.25, 0.3) is 0 Å². The molecule has 1 atom stereocenters. The molecule has 1 unspecified atom stereocenters. The number of hydrogen-bond acceptors (Lipinski definition) is 3. The van der Waals surface area contributed by atoms with Gasteiger partial charge in [-0.25, -0.2) is 0 Å². The third kappa shape index (κ3) is 5.74. The van der Waals surface area contributed by atoms with Crippen molar-refractivity contribution in [1.82, 2.24) is 10.2 Å². The zero-order valence-corrected chi connectivity index (χ0v) is 10.4. The summed E-state index contributed by atoms with van der Waals surface area (Å²) in [5, 5.41) is 3.30. The first-order valence-corrected chi connectivity index (χ1v) is 5.74. The molecular formula is C11H24N2O2. The van der Waals surface area contributed by atoms with E-state index in [9.17, 15) is 4.79 Å². The largest absolute Gasteiger partial charge is 0.384 e. The Labute approximate surface area is 93.0 Å². The zero-order chi connectivity index (χ0) is 11.7. The van der Waals surface area contributed by atoms with Crippen molar-refractivity contribution in [3.63, 3.8) is 0 Å². The fourth-order valence-electron chi connectivity index (χ4n) is 1.51. The molecule has 0 aromatic heterocycles. The van der Waals surface area contributed by atoms with Gasteiger partial charge in [-0.1, -0.05) is 13.8 Å². The Morgan fingerprint density at radius 3 is 2.73 bits per heavy atom. The zero-order valence-electron chi connectivity index (χ0n) is 10.4. The van der Waals surface area contributed by atoms with Gasteiger partial charge in [-0.2, -0.15) is 0 Å². The summed E-state index contributed by atoms with van der Waals surface area (Å²) in [5.74, 6) is 0.204. The molecule has 0 saturated carbocycles. The van der Waals surface area contributed by atoms with Crippen LogP contribution in [0.2, 0.25) is 0 Å². The first kappa shape index (κ1) is 14.4. The van der Waals surface area contributed by atoms with E-state index in [1.807, 2.05) is 18.7 Å². The standard InChI is InChI=1S/C9H18N2O2.C2H6/c1-8-7-11(5-4-10-8)9(12)3-6-13-2;1-2/h8,10H,3-7H2,1-2H3;1-2H3. The minimum absolute atomic E-state index is 0.204. The highest BCUT2D eigenvalue weighted by molar-refractivity contribution is 5.76. The molecule has 0 aromatic carbocycles. The fraction of sp³-hybridized carbons (Fsp3) is 0.909. The van der Waals surface area contributed by atoms with E-state index in [1.165, 1.54) is 0 Å². The molecule has 90 valence electrons. The number of nitrogens with zero attached hydrogens (tertiary/aromatic N) is 1. The van der Waals surface area contributed by atoms with Crippen LogP contribution in [0.3, 0.4) is 0 Å². The number of amides is 1. The van der Waals surface area contributed by atoms with E-state index in [2.05, 4.69) is 12.2 Å². The van der Waals surface area contributed by atoms with E-state index in [0.29, 0.717) is 19.1 Å². The summed E-state index contributed by atoms with van der Waals surface area (Å²) in [6.07, 6.45) is 0.503. The minimum atomic E-state index is 0.204. The first-order chi connectivity index (χ1) is 7.24. The quantitative estimate of drug-likeness (QED) is 0.761. The molecule has 15 heavy (non-hydrogen) atoms. The molecule has 1 heterocycles. The number of rotatable bonds is 3. The monoisotopic (exact) mass is 216 g/mol. The van der Waals surface area contributed by atoms with E-state index in [1.54, 1.807) is 7.11 Å². The Morgan fingerprint density at radius 2 is 2.20 bits per heavy atom. The molecule has 1 aliphatic rings. The van der Waals surface area contributed by atoms with E-state index >= 15 is 0 Å². The van der Waals surface area contributed by atoms with Crippen molar-refractivity contribution in [2.45, 2.75) is 33.2 Å². The van der Waals surface area contributed by atoms with Crippen LogP contribution in [-0.2, 0) is 9.53 Å². The van der Waals surface area contributed by atoms with Crippen molar-refractivity contribution >= 4 is 5.91 Å². The maximum Gasteiger partial charge on any atom is 0.224 e. The van der Waals surface area contributed by atoms with Crippen LogP contribution in [0, 0.1) is 0 Å². The Kier molecular flexibility index (Phi) is 8.33. The summed E-state index contributed by atoms with van der Waals surface area (Å²) in [4.78, 5) is 13.4. The molecule has 4 nitrogen and oxygen atoms in total. The van der Waals surface area contributed by atoms with Crippen LogP contribution < -0.4 is 5.32 Å². The summed E-state index contributed by atoms with van der Waals surface area (Å²) in [6.45, 7) is 9.17. The summed E-state index contributed by atoms with van der Waals surface area (Å²) in [7, 11) is 1.62. The van der Waals surface area contributed by atoms with Gasteiger partial charge in [0.15, 0.2) is 0 Å². The molecule has 0 bridgehead atoms. The maximum atomic E-state index is 11.5. The van der Waals surface area contributed by atoms with Gasteiger partial charge in [0.05, 0.1) is 13.0 Å². The van der Waals surface area contributed by atoms with Crippen molar-refractivity contribution in [1.29, 1.82) is 0 Å². The minimum Gasteiger partial charge on any atom is -0.384 e. The first-order valence-electron chi connectivity index (χ1n) is 5.74. The number of ether oxygens (including phenoxy) is 1. The Hall–Kier alpha value is -0.610. The summed E-state index contributed by atoms with van der Waals surface area (Å²) in [6, 6.07) is 0.417. The molecule has 1 fully saturated rings. The van der Waals surface area contributed by atoms with Crippen LogP contribution in [-0.4, -0.2) is 50.2 Å². The van der Waals surface area contributed by atoms with Crippen molar-refractivity contribution in [2.24, 2.45) is 0 Å². The van der Waals surface area contributed by atoms with Crippen LogP contribution in [0.4, 0.5) is 0 Å². The van der Waals surface area contributed by atoms with Gasteiger partial charge in [-0.15, -0.1) is 0 Å². The van der Waals surface area contributed by atoms with Crippen molar-refractivity contribution < 1.29 is 9.53 Å². The van der Waals surface area contributed by atoms with Gasteiger partial charge in [0, 0.05) is 32.8 Å². The van der Waals surface area contributed by atoms with Gasteiger partial charge in [0.1, 0.15) is 0 Å². The van der Waals surface area contributed by atoms with Crippen LogP contribution in [0.5, 0.6) is 0 Å². The lowest BCUT2D eigenvalue weighted by molar-refractivity contribution is -0.133. The average Bonchev–Trinajstić information content (AvgIpc) is 2.28. The highest BCUT2D eigenvalue weighted by Crippen LogP contribution is 2.01. The normalized spacial score (nSPS) is 20.5. The molecule has 1 N–H and O–H groups in total. The molecule has 0 aliphatic carbocycles. The number of piperazine rings is 1. The molecular weight excluding hydrogens is 192 g/mol. The van der Waals surface area contributed by atoms with Crippen molar-refractivity contribution in [2.75, 3.05) is 33.4 Å². The van der Waals surface area contributed by atoms with E-state index in [4.69, 9.17) is 4.74 Å². The number of nitrogens with one attached hydrogen (secondary N) is 1. The Morgan fingerprint density at radius 1 is 1.53 bits per heavy atom. The van der Waals surface area contributed by atoms with Crippen LogP contribution in [0.15, 0.2) is 0 Å². The fourth-order valence-corrected chi connectivity index (χ4v) is 1.51. The van der Waals surface area contributed by atoms with Crippen molar-refractivity contribution in [3.05, 3.63) is 0 Å². The van der Waals surface area contributed by atoms with Crippen LogP contribution in [0.25, 0.3) is 0 Å². The van der Waals surface area contributed by atoms with Crippen LogP contribution in [0.1, 0.15) is 27.2 Å². The molecule has 4 heteroatoms. The summed E-state index contributed by atoms with van der Waals surface area (Å²) < 4.78 is 4.87. The van der Waals surface area contributed by atoms with Gasteiger partial charge < -0.3 is 15.0 Å². The molecule has 1 aliphatic heterocycles. The van der Waals surface area contributed by atoms with E-state index in [-0.39, 0.29) is 5.91 Å². The lowest BCUT2D eigenvalue weighted by atomic mass is 10.2. The number of carbonyl (C=O) groups is 1. The number of carbonyl (C=O) groups excluding carboxylic acids is 1. The molecule has 0 spiro atoms. The number of methoxy groups -OCH3 is 1. The summed E-state index contributed by atoms with van der Waals surface area (Å²) in [5.41, 5.74) is 0. The van der Waals surface area contributed by atoms with Crippen molar-refractivity contribution in [3.8, 4) is 0 Å². The third-order valence-electron chi connectivity index (χ3n) is 2.24. The second-order valence-electron chi connectivity index (χ2n) is 3.44. The van der Waals surface area contributed by atoms with Gasteiger partial charge in [-0.05, 0) is 6.92 Å². The van der Waals surface area contributed by atoms with E-state index < -0.39 is 0 Å². The predicted molar refractivity (Wildman–Crippen MR) is 61.9 cm³/mol. The maximum absolute atomic E-state index is 11.5. The molecule has 1 rings (SSSR count). The lowest BCUT2D eigenvalue weighted by Crippen LogP contribution is -2.51. The SMILES string of the molecule is CC.COCCC(=O)N1CCNC(C)C1. The Balaban J connectivity index is 0.000000921. The molecule has 1 saturated heterocycles. The van der Waals surface area contributed by atoms with Gasteiger partial charge in [-0.3, -0.25) is 4.79 Å². The topological polar surface area (TPSA) is 41.6 Å².